The van der Waals surface area contributed by atoms with Gasteiger partial charge in [-0.05, 0) is 37.6 Å². The molecule has 1 unspecified atom stereocenters. The van der Waals surface area contributed by atoms with Crippen LogP contribution in [-0.2, 0) is 14.8 Å². The van der Waals surface area contributed by atoms with Crippen molar-refractivity contribution in [3.8, 4) is 11.5 Å². The minimum absolute atomic E-state index is 0.0485. The van der Waals surface area contributed by atoms with Crippen molar-refractivity contribution in [1.82, 2.24) is 9.62 Å². The topological polar surface area (TPSA) is 84.9 Å². The van der Waals surface area contributed by atoms with Crippen LogP contribution in [0.15, 0.2) is 47.4 Å². The number of nitrogens with one attached hydrogen (secondary N) is 1. The van der Waals surface area contributed by atoms with Gasteiger partial charge in [-0.2, -0.15) is 4.31 Å². The third kappa shape index (κ3) is 5.27. The Labute approximate surface area is 172 Å². The average molecular weight is 421 g/mol. The summed E-state index contributed by atoms with van der Waals surface area (Å²) >= 11 is 0. The van der Waals surface area contributed by atoms with Crippen LogP contribution in [0.2, 0.25) is 0 Å². The van der Waals surface area contributed by atoms with Crippen LogP contribution in [0.4, 0.5) is 0 Å². The number of amides is 1. The molecule has 0 aliphatic rings. The predicted octanol–water partition coefficient (Wildman–Crippen LogP) is 2.90. The lowest BCUT2D eigenvalue weighted by Crippen LogP contribution is -2.41. The number of carbonyl (C=O) groups excluding carboxylic acids is 1. The summed E-state index contributed by atoms with van der Waals surface area (Å²) in [5.74, 6) is 0.502. The maximum atomic E-state index is 13.1. The van der Waals surface area contributed by atoms with Crippen molar-refractivity contribution in [2.24, 2.45) is 0 Å². The molecule has 0 spiro atoms. The van der Waals surface area contributed by atoms with E-state index < -0.39 is 15.9 Å². The molecule has 0 fully saturated rings. The lowest BCUT2D eigenvalue weighted by molar-refractivity contribution is -0.121. The first-order valence-corrected chi connectivity index (χ1v) is 10.8. The lowest BCUT2D eigenvalue weighted by Gasteiger charge is -2.23. The zero-order valence-electron chi connectivity index (χ0n) is 17.4. The maximum Gasteiger partial charge on any atom is 0.247 e. The quantitative estimate of drug-likeness (QED) is 0.674. The number of aryl methyl sites for hydroxylation is 1. The Balaban J connectivity index is 2.20. The summed E-state index contributed by atoms with van der Waals surface area (Å²) in [4.78, 5) is 12.7. The van der Waals surface area contributed by atoms with Crippen molar-refractivity contribution < 1.29 is 22.7 Å². The van der Waals surface area contributed by atoms with Gasteiger partial charge in [0.15, 0.2) is 0 Å². The molecule has 2 aromatic carbocycles. The Morgan fingerprint density at radius 3 is 2.38 bits per heavy atom. The largest absolute Gasteiger partial charge is 0.496 e. The Hall–Kier alpha value is -2.58. The van der Waals surface area contributed by atoms with Crippen molar-refractivity contribution in [2.45, 2.75) is 31.7 Å². The molecule has 2 aromatic rings. The van der Waals surface area contributed by atoms with E-state index in [-0.39, 0.29) is 29.8 Å². The van der Waals surface area contributed by atoms with Gasteiger partial charge in [0.1, 0.15) is 16.4 Å². The minimum Gasteiger partial charge on any atom is -0.496 e. The summed E-state index contributed by atoms with van der Waals surface area (Å²) in [5, 5.41) is 2.84. The van der Waals surface area contributed by atoms with Crippen LogP contribution in [0.5, 0.6) is 11.5 Å². The second-order valence-electron chi connectivity index (χ2n) is 6.62. The summed E-state index contributed by atoms with van der Waals surface area (Å²) < 4.78 is 37.9. The van der Waals surface area contributed by atoms with E-state index in [1.165, 1.54) is 7.11 Å². The van der Waals surface area contributed by atoms with Crippen molar-refractivity contribution in [3.63, 3.8) is 0 Å². The number of hydrogen-bond acceptors (Lipinski definition) is 5. The molecule has 0 saturated carbocycles. The highest BCUT2D eigenvalue weighted by atomic mass is 32.2. The molecular formula is C21H28N2O5S. The highest BCUT2D eigenvalue weighted by Gasteiger charge is 2.29. The van der Waals surface area contributed by atoms with Gasteiger partial charge < -0.3 is 14.8 Å². The number of methoxy groups -OCH3 is 2. The van der Waals surface area contributed by atoms with E-state index in [1.54, 1.807) is 39.2 Å². The fourth-order valence-corrected chi connectivity index (χ4v) is 4.69. The maximum absolute atomic E-state index is 13.1. The SMILES string of the molecule is CCN(CC(=O)NC(C)c1ccccc1OC)S(=O)(=O)c1cc(C)ccc1OC. The fourth-order valence-electron chi connectivity index (χ4n) is 3.04. The second kappa shape index (κ2) is 9.76. The van der Waals surface area contributed by atoms with Gasteiger partial charge in [0.2, 0.25) is 15.9 Å². The van der Waals surface area contributed by atoms with E-state index in [1.807, 2.05) is 31.2 Å². The van der Waals surface area contributed by atoms with E-state index in [4.69, 9.17) is 9.47 Å². The standard InChI is InChI=1S/C21H28N2O5S/c1-6-23(29(25,26)20-13-15(2)11-12-19(20)28-5)14-21(24)22-16(3)17-9-7-8-10-18(17)27-4/h7-13,16H,6,14H2,1-5H3,(H,22,24). The molecule has 0 aliphatic heterocycles. The second-order valence-corrected chi connectivity index (χ2v) is 8.52. The van der Waals surface area contributed by atoms with Crippen molar-refractivity contribution in [3.05, 3.63) is 53.6 Å². The number of ether oxygens (including phenoxy) is 2. The van der Waals surface area contributed by atoms with Gasteiger partial charge in [0, 0.05) is 12.1 Å². The number of para-hydroxylation sites is 1. The zero-order chi connectivity index (χ0) is 21.6. The van der Waals surface area contributed by atoms with E-state index in [2.05, 4.69) is 5.32 Å². The summed E-state index contributed by atoms with van der Waals surface area (Å²) in [6.45, 7) is 5.17. The molecule has 29 heavy (non-hydrogen) atoms. The zero-order valence-corrected chi connectivity index (χ0v) is 18.2. The van der Waals surface area contributed by atoms with Gasteiger partial charge >= 0.3 is 0 Å². The number of nitrogens with zero attached hydrogens (tertiary/aromatic N) is 1. The number of hydrogen-bond donors (Lipinski definition) is 1. The van der Waals surface area contributed by atoms with Gasteiger partial charge in [-0.1, -0.05) is 31.2 Å². The highest BCUT2D eigenvalue weighted by Crippen LogP contribution is 2.28. The molecule has 0 heterocycles. The van der Waals surface area contributed by atoms with E-state index in [9.17, 15) is 13.2 Å². The number of likely N-dealkylation sites (N-methyl/N-ethyl adjacent to an activating group) is 1. The molecule has 0 saturated heterocycles. The summed E-state index contributed by atoms with van der Waals surface area (Å²) in [6.07, 6.45) is 0. The summed E-state index contributed by atoms with van der Waals surface area (Å²) in [7, 11) is -0.920. The van der Waals surface area contributed by atoms with Crippen molar-refractivity contribution in [1.29, 1.82) is 0 Å². The van der Waals surface area contributed by atoms with Gasteiger partial charge in [0.05, 0.1) is 26.8 Å². The Bertz CT molecular complexity index is 959. The molecule has 7 nitrogen and oxygen atoms in total. The summed E-state index contributed by atoms with van der Waals surface area (Å²) in [6, 6.07) is 12.0. The first-order valence-electron chi connectivity index (χ1n) is 9.31. The lowest BCUT2D eigenvalue weighted by atomic mass is 10.1. The monoisotopic (exact) mass is 420 g/mol. The van der Waals surface area contributed by atoms with Crippen LogP contribution in [-0.4, -0.2) is 45.9 Å². The molecule has 0 aliphatic carbocycles. The average Bonchev–Trinajstić information content (AvgIpc) is 2.71. The van der Waals surface area contributed by atoms with Gasteiger partial charge in [0.25, 0.3) is 0 Å². The third-order valence-corrected chi connectivity index (χ3v) is 6.53. The van der Waals surface area contributed by atoms with Crippen LogP contribution in [0.1, 0.15) is 31.0 Å². The Morgan fingerprint density at radius 1 is 1.10 bits per heavy atom. The molecular weight excluding hydrogens is 392 g/mol. The number of sulfonamides is 1. The molecule has 1 amide bonds. The first-order chi connectivity index (χ1) is 13.7. The molecule has 1 atom stereocenters. The van der Waals surface area contributed by atoms with Gasteiger partial charge in [-0.25, -0.2) is 8.42 Å². The molecule has 158 valence electrons. The number of carbonyl (C=O) groups is 1. The van der Waals surface area contributed by atoms with Gasteiger partial charge in [-0.3, -0.25) is 4.79 Å². The summed E-state index contributed by atoms with van der Waals surface area (Å²) in [5.41, 5.74) is 1.60. The Morgan fingerprint density at radius 2 is 1.76 bits per heavy atom. The van der Waals surface area contributed by atoms with Crippen LogP contribution in [0.25, 0.3) is 0 Å². The third-order valence-electron chi connectivity index (χ3n) is 4.59. The smallest absolute Gasteiger partial charge is 0.247 e. The van der Waals surface area contributed by atoms with Crippen LogP contribution < -0.4 is 14.8 Å². The Kier molecular flexibility index (Phi) is 7.64. The molecule has 0 radical (unpaired) electrons. The number of benzene rings is 2. The van der Waals surface area contributed by atoms with Crippen molar-refractivity contribution >= 4 is 15.9 Å². The highest BCUT2D eigenvalue weighted by molar-refractivity contribution is 7.89. The molecule has 8 heteroatoms. The van der Waals surface area contributed by atoms with E-state index in [0.29, 0.717) is 5.75 Å². The molecule has 0 aromatic heterocycles. The normalized spacial score (nSPS) is 12.5. The van der Waals surface area contributed by atoms with Crippen LogP contribution in [0.3, 0.4) is 0 Å². The number of rotatable bonds is 9. The van der Waals surface area contributed by atoms with Crippen LogP contribution >= 0.6 is 0 Å². The van der Waals surface area contributed by atoms with Crippen LogP contribution in [0, 0.1) is 6.92 Å². The first kappa shape index (κ1) is 22.7. The molecule has 2 rings (SSSR count). The minimum atomic E-state index is -3.90. The van der Waals surface area contributed by atoms with Gasteiger partial charge in [-0.15, -0.1) is 0 Å². The van der Waals surface area contributed by atoms with E-state index in [0.717, 1.165) is 15.4 Å². The molecule has 1 N–H and O–H groups in total. The van der Waals surface area contributed by atoms with E-state index >= 15 is 0 Å². The van der Waals surface area contributed by atoms with Crippen molar-refractivity contribution in [2.75, 3.05) is 27.3 Å². The fraction of sp³-hybridized carbons (Fsp3) is 0.381. The predicted molar refractivity (Wildman–Crippen MR) is 112 cm³/mol. The molecule has 0 bridgehead atoms.